The SMILES string of the molecule is CCNCCn1cc(S(=O)(=O)Nc2nncs2)cn1. The molecule has 0 amide bonds. The first-order valence-corrected chi connectivity index (χ1v) is 8.00. The first kappa shape index (κ1) is 13.9. The third kappa shape index (κ3) is 3.72. The molecule has 8 nitrogen and oxygen atoms in total. The lowest BCUT2D eigenvalue weighted by atomic mass is 10.6. The molecule has 10 heteroatoms. The molecule has 19 heavy (non-hydrogen) atoms. The first-order chi connectivity index (χ1) is 9.12. The summed E-state index contributed by atoms with van der Waals surface area (Å²) >= 11 is 1.12. The fraction of sp³-hybridized carbons (Fsp3) is 0.444. The lowest BCUT2D eigenvalue weighted by Gasteiger charge is -2.02. The normalized spacial score (nSPS) is 11.6. The molecule has 0 atom stereocenters. The van der Waals surface area contributed by atoms with Crippen LogP contribution in [0.1, 0.15) is 6.92 Å². The molecule has 2 rings (SSSR count). The summed E-state index contributed by atoms with van der Waals surface area (Å²) in [5.41, 5.74) is 1.46. The Hall–Kier alpha value is -1.52. The first-order valence-electron chi connectivity index (χ1n) is 5.64. The van der Waals surface area contributed by atoms with Crippen molar-refractivity contribution in [1.29, 1.82) is 0 Å². The second-order valence-electron chi connectivity index (χ2n) is 3.64. The van der Waals surface area contributed by atoms with Crippen molar-refractivity contribution in [3.63, 3.8) is 0 Å². The highest BCUT2D eigenvalue weighted by Gasteiger charge is 2.17. The molecule has 2 aromatic rings. The second kappa shape index (κ2) is 6.08. The number of rotatable bonds is 7. The standard InChI is InChI=1S/C9H14N6O2S2/c1-2-10-3-4-15-6-8(5-12-15)19(16,17)14-9-13-11-7-18-9/h5-7,10H,2-4H2,1H3,(H,13,14). The van der Waals surface area contributed by atoms with Gasteiger partial charge in [0.1, 0.15) is 10.4 Å². The van der Waals surface area contributed by atoms with E-state index in [1.807, 2.05) is 6.92 Å². The number of nitrogens with one attached hydrogen (secondary N) is 2. The van der Waals surface area contributed by atoms with Gasteiger partial charge in [-0.1, -0.05) is 18.3 Å². The van der Waals surface area contributed by atoms with Gasteiger partial charge in [0, 0.05) is 12.7 Å². The van der Waals surface area contributed by atoms with Crippen molar-refractivity contribution in [2.75, 3.05) is 17.8 Å². The van der Waals surface area contributed by atoms with Crippen molar-refractivity contribution >= 4 is 26.5 Å². The zero-order valence-electron chi connectivity index (χ0n) is 10.3. The highest BCUT2D eigenvalue weighted by molar-refractivity contribution is 7.93. The van der Waals surface area contributed by atoms with E-state index in [0.717, 1.165) is 24.4 Å². The summed E-state index contributed by atoms with van der Waals surface area (Å²) in [5, 5.41) is 14.6. The number of hydrogen-bond donors (Lipinski definition) is 2. The minimum absolute atomic E-state index is 0.110. The number of likely N-dealkylation sites (N-methyl/N-ethyl adjacent to an activating group) is 1. The van der Waals surface area contributed by atoms with Crippen LogP contribution in [0.4, 0.5) is 5.13 Å². The Balaban J connectivity index is 2.04. The molecule has 0 saturated heterocycles. The van der Waals surface area contributed by atoms with Gasteiger partial charge in [0.25, 0.3) is 10.0 Å². The van der Waals surface area contributed by atoms with Crippen molar-refractivity contribution < 1.29 is 8.42 Å². The molecule has 0 radical (unpaired) electrons. The van der Waals surface area contributed by atoms with E-state index in [0.29, 0.717) is 6.54 Å². The van der Waals surface area contributed by atoms with Crippen LogP contribution in [-0.2, 0) is 16.6 Å². The zero-order chi connectivity index (χ0) is 13.7. The molecule has 0 bridgehead atoms. The molecule has 0 saturated carbocycles. The molecule has 0 unspecified atom stereocenters. The van der Waals surface area contributed by atoms with Gasteiger partial charge in [-0.2, -0.15) is 5.10 Å². The number of sulfonamides is 1. The molecule has 0 aliphatic rings. The molecule has 2 heterocycles. The number of nitrogens with zero attached hydrogens (tertiary/aromatic N) is 4. The highest BCUT2D eigenvalue weighted by atomic mass is 32.2. The van der Waals surface area contributed by atoms with E-state index < -0.39 is 10.0 Å². The number of aromatic nitrogens is 4. The van der Waals surface area contributed by atoms with Crippen LogP contribution >= 0.6 is 11.3 Å². The summed E-state index contributed by atoms with van der Waals surface area (Å²) in [4.78, 5) is 0.110. The second-order valence-corrected chi connectivity index (χ2v) is 6.16. The molecule has 0 aromatic carbocycles. The van der Waals surface area contributed by atoms with Crippen LogP contribution in [0.2, 0.25) is 0 Å². The minimum Gasteiger partial charge on any atom is -0.315 e. The molecular formula is C9H14N6O2S2. The monoisotopic (exact) mass is 302 g/mol. The maximum Gasteiger partial charge on any atom is 0.266 e. The fourth-order valence-electron chi connectivity index (χ4n) is 1.37. The van der Waals surface area contributed by atoms with Crippen molar-refractivity contribution in [1.82, 2.24) is 25.3 Å². The molecule has 0 fully saturated rings. The third-order valence-corrected chi connectivity index (χ3v) is 4.30. The summed E-state index contributed by atoms with van der Waals surface area (Å²) in [6.45, 7) is 4.22. The van der Waals surface area contributed by atoms with E-state index in [4.69, 9.17) is 0 Å². The topological polar surface area (TPSA) is 102 Å². The number of anilines is 1. The van der Waals surface area contributed by atoms with Crippen molar-refractivity contribution in [3.8, 4) is 0 Å². The Kier molecular flexibility index (Phi) is 4.45. The van der Waals surface area contributed by atoms with Crippen LogP contribution in [0.15, 0.2) is 22.8 Å². The molecule has 0 aliphatic carbocycles. The molecule has 2 N–H and O–H groups in total. The predicted molar refractivity (Wildman–Crippen MR) is 71.5 cm³/mol. The van der Waals surface area contributed by atoms with Crippen molar-refractivity contribution in [3.05, 3.63) is 17.9 Å². The summed E-state index contributed by atoms with van der Waals surface area (Å²) in [7, 11) is -3.64. The van der Waals surface area contributed by atoms with E-state index in [9.17, 15) is 8.42 Å². The van der Waals surface area contributed by atoms with Gasteiger partial charge in [-0.3, -0.25) is 9.40 Å². The Morgan fingerprint density at radius 1 is 1.47 bits per heavy atom. The molecule has 0 spiro atoms. The average molecular weight is 302 g/mol. The molecule has 0 aliphatic heterocycles. The quantitative estimate of drug-likeness (QED) is 0.706. The highest BCUT2D eigenvalue weighted by Crippen LogP contribution is 2.15. The van der Waals surface area contributed by atoms with Gasteiger partial charge in [0.05, 0.1) is 12.7 Å². The van der Waals surface area contributed by atoms with E-state index in [1.54, 1.807) is 4.68 Å². The summed E-state index contributed by atoms with van der Waals surface area (Å²) < 4.78 is 27.9. The van der Waals surface area contributed by atoms with Crippen LogP contribution in [0.5, 0.6) is 0 Å². The van der Waals surface area contributed by atoms with Crippen molar-refractivity contribution in [2.24, 2.45) is 0 Å². The van der Waals surface area contributed by atoms with Crippen LogP contribution in [0.25, 0.3) is 0 Å². The van der Waals surface area contributed by atoms with Crippen LogP contribution < -0.4 is 10.0 Å². The van der Waals surface area contributed by atoms with Crippen LogP contribution in [0.3, 0.4) is 0 Å². The molecular weight excluding hydrogens is 288 g/mol. The average Bonchev–Trinajstić information content (AvgIpc) is 3.00. The van der Waals surface area contributed by atoms with Gasteiger partial charge in [-0.15, -0.1) is 10.2 Å². The summed E-state index contributed by atoms with van der Waals surface area (Å²) in [5.74, 6) is 0. The Bertz CT molecular complexity index is 606. The van der Waals surface area contributed by atoms with Gasteiger partial charge < -0.3 is 5.32 Å². The summed E-state index contributed by atoms with van der Waals surface area (Å²) in [6, 6.07) is 0. The Morgan fingerprint density at radius 3 is 3.00 bits per heavy atom. The minimum atomic E-state index is -3.64. The molecule has 2 aromatic heterocycles. The van der Waals surface area contributed by atoms with Gasteiger partial charge in [0.15, 0.2) is 0 Å². The van der Waals surface area contributed by atoms with Crippen LogP contribution in [0, 0.1) is 0 Å². The van der Waals surface area contributed by atoms with E-state index >= 15 is 0 Å². The lowest BCUT2D eigenvalue weighted by molar-refractivity contribution is 0.564. The van der Waals surface area contributed by atoms with Gasteiger partial charge in [-0.25, -0.2) is 8.42 Å². The Morgan fingerprint density at radius 2 is 2.32 bits per heavy atom. The predicted octanol–water partition coefficient (Wildman–Crippen LogP) is 0.145. The lowest BCUT2D eigenvalue weighted by Crippen LogP contribution is -2.19. The van der Waals surface area contributed by atoms with E-state index in [1.165, 1.54) is 17.9 Å². The zero-order valence-corrected chi connectivity index (χ0v) is 11.9. The van der Waals surface area contributed by atoms with E-state index in [2.05, 4.69) is 25.3 Å². The summed E-state index contributed by atoms with van der Waals surface area (Å²) in [6.07, 6.45) is 2.80. The van der Waals surface area contributed by atoms with Gasteiger partial charge in [0.2, 0.25) is 5.13 Å². The van der Waals surface area contributed by atoms with Gasteiger partial charge in [-0.05, 0) is 6.54 Å². The fourth-order valence-corrected chi connectivity index (χ4v) is 3.01. The smallest absolute Gasteiger partial charge is 0.266 e. The maximum atomic E-state index is 12.0. The maximum absolute atomic E-state index is 12.0. The van der Waals surface area contributed by atoms with Crippen molar-refractivity contribution in [2.45, 2.75) is 18.4 Å². The molecule has 104 valence electrons. The largest absolute Gasteiger partial charge is 0.315 e. The Labute approximate surface area is 114 Å². The van der Waals surface area contributed by atoms with Crippen LogP contribution in [-0.4, -0.2) is 41.5 Å². The third-order valence-electron chi connectivity index (χ3n) is 2.27. The number of hydrogen-bond acceptors (Lipinski definition) is 7. The van der Waals surface area contributed by atoms with E-state index in [-0.39, 0.29) is 10.0 Å². The van der Waals surface area contributed by atoms with Gasteiger partial charge >= 0.3 is 0 Å².